The molecule has 1 N–H and O–H groups in total. The lowest BCUT2D eigenvalue weighted by atomic mass is 10.2. The summed E-state index contributed by atoms with van der Waals surface area (Å²) < 4.78 is 28.6. The van der Waals surface area contributed by atoms with Crippen LogP contribution >= 0.6 is 11.6 Å². The van der Waals surface area contributed by atoms with Gasteiger partial charge in [-0.25, -0.2) is 8.42 Å². The van der Waals surface area contributed by atoms with E-state index in [9.17, 15) is 13.2 Å². The first kappa shape index (κ1) is 21.4. The Bertz CT molecular complexity index is 1180. The first-order valence-electron chi connectivity index (χ1n) is 10.1. The van der Waals surface area contributed by atoms with E-state index in [4.69, 9.17) is 11.6 Å². The molecule has 0 spiro atoms. The zero-order chi connectivity index (χ0) is 21.8. The van der Waals surface area contributed by atoms with Crippen LogP contribution in [0.4, 0.5) is 5.69 Å². The van der Waals surface area contributed by atoms with Crippen molar-refractivity contribution in [3.8, 4) is 0 Å². The molecule has 1 aliphatic carbocycles. The molecule has 0 saturated heterocycles. The van der Waals surface area contributed by atoms with Gasteiger partial charge in [-0.2, -0.15) is 0 Å². The summed E-state index contributed by atoms with van der Waals surface area (Å²) in [6.07, 6.45) is 2.25. The van der Waals surface area contributed by atoms with Crippen LogP contribution in [0.2, 0.25) is 5.02 Å². The quantitative estimate of drug-likeness (QED) is 0.527. The molecule has 160 valence electrons. The average molecular weight is 455 g/mol. The summed E-state index contributed by atoms with van der Waals surface area (Å²) in [4.78, 5) is 12.5. The third-order valence-corrected chi connectivity index (χ3v) is 7.30. The number of anilines is 1. The number of nitrogens with zero attached hydrogens (tertiary/aromatic N) is 1. The van der Waals surface area contributed by atoms with Gasteiger partial charge in [0.05, 0.1) is 22.2 Å². The molecule has 0 aliphatic heterocycles. The molecule has 0 atom stereocenters. The van der Waals surface area contributed by atoms with Crippen LogP contribution in [-0.2, 0) is 16.6 Å². The highest BCUT2D eigenvalue weighted by molar-refractivity contribution is 7.92. The molecule has 1 fully saturated rings. The van der Waals surface area contributed by atoms with E-state index in [1.165, 1.54) is 16.4 Å². The lowest BCUT2D eigenvalue weighted by Gasteiger charge is -2.26. The van der Waals surface area contributed by atoms with Crippen molar-refractivity contribution in [1.29, 1.82) is 0 Å². The van der Waals surface area contributed by atoms with Crippen LogP contribution in [0.15, 0.2) is 83.8 Å². The molecule has 0 radical (unpaired) electrons. The van der Waals surface area contributed by atoms with E-state index in [1.54, 1.807) is 36.4 Å². The van der Waals surface area contributed by atoms with E-state index in [2.05, 4.69) is 5.32 Å². The van der Waals surface area contributed by atoms with Gasteiger partial charge in [0.1, 0.15) is 0 Å². The molecule has 1 aliphatic rings. The summed E-state index contributed by atoms with van der Waals surface area (Å²) in [5, 5.41) is 3.21. The van der Waals surface area contributed by atoms with Crippen molar-refractivity contribution in [1.82, 2.24) is 5.32 Å². The van der Waals surface area contributed by atoms with Crippen LogP contribution in [0.5, 0.6) is 0 Å². The maximum Gasteiger partial charge on any atom is 0.264 e. The fourth-order valence-corrected chi connectivity index (χ4v) is 5.09. The molecule has 0 aromatic heterocycles. The topological polar surface area (TPSA) is 66.5 Å². The number of rotatable bonds is 8. The number of amides is 1. The number of sulfonamides is 1. The van der Waals surface area contributed by atoms with Crippen molar-refractivity contribution in [3.05, 3.63) is 95.0 Å². The Morgan fingerprint density at radius 3 is 2.39 bits per heavy atom. The molecule has 7 heteroatoms. The molecule has 31 heavy (non-hydrogen) atoms. The summed E-state index contributed by atoms with van der Waals surface area (Å²) in [6, 6.07) is 22.3. The molecule has 0 unspecified atom stereocenters. The summed E-state index contributed by atoms with van der Waals surface area (Å²) >= 11 is 6.37. The van der Waals surface area contributed by atoms with E-state index in [1.807, 2.05) is 30.3 Å². The fourth-order valence-electron chi connectivity index (χ4n) is 3.29. The molecular weight excluding hydrogens is 432 g/mol. The van der Waals surface area contributed by atoms with E-state index in [-0.39, 0.29) is 17.3 Å². The molecular formula is C24H23ClN2O3S. The zero-order valence-electron chi connectivity index (χ0n) is 16.9. The van der Waals surface area contributed by atoms with Gasteiger partial charge >= 0.3 is 0 Å². The Morgan fingerprint density at radius 2 is 1.68 bits per heavy atom. The normalized spacial score (nSPS) is 13.6. The lowest BCUT2D eigenvalue weighted by Crippen LogP contribution is -2.31. The standard InChI is InChI=1S/C24H23ClN2O3S/c25-22-11-4-5-12-23(22)27(17-19-7-2-1-3-8-19)31(29,30)21-10-6-9-20(15-21)24(28)26-16-18-13-14-18/h1-12,15,18H,13-14,16-17H2,(H,26,28). The van der Waals surface area contributed by atoms with Gasteiger partial charge < -0.3 is 5.32 Å². The van der Waals surface area contributed by atoms with Crippen LogP contribution in [-0.4, -0.2) is 20.9 Å². The van der Waals surface area contributed by atoms with Crippen LogP contribution in [0.25, 0.3) is 0 Å². The zero-order valence-corrected chi connectivity index (χ0v) is 18.4. The second-order valence-corrected chi connectivity index (χ2v) is 9.90. The maximum absolute atomic E-state index is 13.7. The third kappa shape index (κ3) is 5.09. The Labute approximate surface area is 187 Å². The molecule has 1 saturated carbocycles. The van der Waals surface area contributed by atoms with Gasteiger partial charge in [-0.1, -0.05) is 60.1 Å². The molecule has 3 aromatic rings. The minimum atomic E-state index is -3.98. The monoisotopic (exact) mass is 454 g/mol. The number of nitrogens with one attached hydrogen (secondary N) is 1. The van der Waals surface area contributed by atoms with Crippen LogP contribution in [0.1, 0.15) is 28.8 Å². The number of hydrogen-bond donors (Lipinski definition) is 1. The Kier molecular flexibility index (Phi) is 6.30. The van der Waals surface area contributed by atoms with Crippen LogP contribution in [0.3, 0.4) is 0 Å². The lowest BCUT2D eigenvalue weighted by molar-refractivity contribution is 0.0951. The van der Waals surface area contributed by atoms with E-state index >= 15 is 0 Å². The summed E-state index contributed by atoms with van der Waals surface area (Å²) in [5.74, 6) is 0.272. The molecule has 0 bridgehead atoms. The van der Waals surface area contributed by atoms with Gasteiger partial charge in [-0.05, 0) is 54.7 Å². The average Bonchev–Trinajstić information content (AvgIpc) is 3.62. The SMILES string of the molecule is O=C(NCC1CC1)c1cccc(S(=O)(=O)N(Cc2ccccc2)c2ccccc2Cl)c1. The molecule has 3 aromatic carbocycles. The van der Waals surface area contributed by atoms with E-state index in [0.29, 0.717) is 28.7 Å². The number of para-hydroxylation sites is 1. The maximum atomic E-state index is 13.7. The van der Waals surface area contributed by atoms with E-state index < -0.39 is 10.0 Å². The fraction of sp³-hybridized carbons (Fsp3) is 0.208. The van der Waals surface area contributed by atoms with Crippen LogP contribution < -0.4 is 9.62 Å². The van der Waals surface area contributed by atoms with Gasteiger partial charge in [0.25, 0.3) is 15.9 Å². The smallest absolute Gasteiger partial charge is 0.264 e. The number of benzene rings is 3. The van der Waals surface area contributed by atoms with Gasteiger partial charge in [-0.3, -0.25) is 9.10 Å². The summed E-state index contributed by atoms with van der Waals surface area (Å²) in [7, 11) is -3.98. The molecule has 5 nitrogen and oxygen atoms in total. The number of carbonyl (C=O) groups is 1. The van der Waals surface area contributed by atoms with Crippen molar-refractivity contribution >= 4 is 33.2 Å². The second-order valence-electron chi connectivity index (χ2n) is 7.63. The highest BCUT2D eigenvalue weighted by atomic mass is 35.5. The first-order chi connectivity index (χ1) is 14.9. The number of carbonyl (C=O) groups excluding carboxylic acids is 1. The number of hydrogen-bond acceptors (Lipinski definition) is 3. The number of halogens is 1. The Balaban J connectivity index is 1.69. The highest BCUT2D eigenvalue weighted by Gasteiger charge is 2.28. The van der Waals surface area contributed by atoms with E-state index in [0.717, 1.165) is 18.4 Å². The second kappa shape index (κ2) is 9.12. The predicted octanol–water partition coefficient (Wildman–Crippen LogP) is 4.88. The first-order valence-corrected chi connectivity index (χ1v) is 12.0. The van der Waals surface area contributed by atoms with Gasteiger partial charge in [0, 0.05) is 12.1 Å². The highest BCUT2D eigenvalue weighted by Crippen LogP contribution is 2.32. The van der Waals surface area contributed by atoms with Crippen LogP contribution in [0, 0.1) is 5.92 Å². The van der Waals surface area contributed by atoms with Gasteiger partial charge in [0.15, 0.2) is 0 Å². The minimum absolute atomic E-state index is 0.0439. The largest absolute Gasteiger partial charge is 0.352 e. The van der Waals surface area contributed by atoms with Crippen molar-refractivity contribution < 1.29 is 13.2 Å². The predicted molar refractivity (Wildman–Crippen MR) is 123 cm³/mol. The van der Waals surface area contributed by atoms with Crippen molar-refractivity contribution in [2.45, 2.75) is 24.3 Å². The summed E-state index contributed by atoms with van der Waals surface area (Å²) in [6.45, 7) is 0.737. The summed E-state index contributed by atoms with van der Waals surface area (Å²) in [5.41, 5.74) is 1.53. The Morgan fingerprint density at radius 1 is 0.968 bits per heavy atom. The van der Waals surface area contributed by atoms with Gasteiger partial charge in [-0.15, -0.1) is 0 Å². The van der Waals surface area contributed by atoms with Crippen molar-refractivity contribution in [3.63, 3.8) is 0 Å². The van der Waals surface area contributed by atoms with Crippen molar-refractivity contribution in [2.75, 3.05) is 10.8 Å². The van der Waals surface area contributed by atoms with Crippen molar-refractivity contribution in [2.24, 2.45) is 5.92 Å². The Hall–Kier alpha value is -2.83. The van der Waals surface area contributed by atoms with Gasteiger partial charge in [0.2, 0.25) is 0 Å². The third-order valence-electron chi connectivity index (χ3n) is 5.22. The molecule has 1 amide bonds. The minimum Gasteiger partial charge on any atom is -0.352 e. The molecule has 4 rings (SSSR count). The molecule has 0 heterocycles.